The number of guanidine groups is 1. The highest BCUT2D eigenvalue weighted by Crippen LogP contribution is 2.09. The third kappa shape index (κ3) is 7.24. The van der Waals surface area contributed by atoms with E-state index in [0.29, 0.717) is 18.6 Å². The summed E-state index contributed by atoms with van der Waals surface area (Å²) in [6.07, 6.45) is 2.68. The highest BCUT2D eigenvalue weighted by molar-refractivity contribution is 7.09. The average Bonchev–Trinajstić information content (AvgIpc) is 3.33. The number of aliphatic imine (C=N–C) groups is 1. The van der Waals surface area contributed by atoms with E-state index in [0.717, 1.165) is 44.4 Å². The normalized spacial score (nSPS) is 12.4. The van der Waals surface area contributed by atoms with Crippen LogP contribution in [0.4, 0.5) is 0 Å². The standard InChI is InChI=1S/C20H35N7S/c1-6-19-25-24-15-26(19)11-9-21-20(23-14-18-8-7-13-28-18)22-10-12-27(16(2)3)17(4)5/h7-8,13,15-17H,6,9-12,14H2,1-5H3,(H2,21,22,23). The van der Waals surface area contributed by atoms with Crippen molar-refractivity contribution in [2.24, 2.45) is 4.99 Å². The molecule has 0 aliphatic carbocycles. The molecule has 2 rings (SSSR count). The minimum Gasteiger partial charge on any atom is -0.355 e. The summed E-state index contributed by atoms with van der Waals surface area (Å²) in [7, 11) is 0. The van der Waals surface area contributed by atoms with Crippen molar-refractivity contribution in [3.63, 3.8) is 0 Å². The summed E-state index contributed by atoms with van der Waals surface area (Å²) in [4.78, 5) is 8.50. The Balaban J connectivity index is 1.89. The molecule has 0 saturated heterocycles. The summed E-state index contributed by atoms with van der Waals surface area (Å²) in [5.41, 5.74) is 0. The molecular weight excluding hydrogens is 370 g/mol. The zero-order valence-corrected chi connectivity index (χ0v) is 18.7. The molecule has 2 aromatic heterocycles. The van der Waals surface area contributed by atoms with Crippen molar-refractivity contribution in [1.29, 1.82) is 0 Å². The van der Waals surface area contributed by atoms with Crippen molar-refractivity contribution in [3.05, 3.63) is 34.5 Å². The van der Waals surface area contributed by atoms with E-state index < -0.39 is 0 Å². The molecule has 0 radical (unpaired) electrons. The molecule has 0 fully saturated rings. The second-order valence-corrected chi connectivity index (χ2v) is 8.35. The summed E-state index contributed by atoms with van der Waals surface area (Å²) < 4.78 is 2.09. The minimum absolute atomic E-state index is 0.530. The topological polar surface area (TPSA) is 70.4 Å². The van der Waals surface area contributed by atoms with Crippen molar-refractivity contribution < 1.29 is 0 Å². The van der Waals surface area contributed by atoms with E-state index in [1.54, 1.807) is 17.7 Å². The van der Waals surface area contributed by atoms with Crippen LogP contribution < -0.4 is 10.6 Å². The Bertz CT molecular complexity index is 683. The molecule has 156 valence electrons. The molecule has 0 aliphatic heterocycles. The van der Waals surface area contributed by atoms with Gasteiger partial charge in [0.2, 0.25) is 0 Å². The highest BCUT2D eigenvalue weighted by atomic mass is 32.1. The second-order valence-electron chi connectivity index (χ2n) is 7.32. The molecule has 28 heavy (non-hydrogen) atoms. The Morgan fingerprint density at radius 1 is 1.21 bits per heavy atom. The lowest BCUT2D eigenvalue weighted by molar-refractivity contribution is 0.178. The molecule has 0 bridgehead atoms. The van der Waals surface area contributed by atoms with Gasteiger partial charge < -0.3 is 15.2 Å². The number of thiophene rings is 1. The van der Waals surface area contributed by atoms with Gasteiger partial charge in [0.1, 0.15) is 12.2 Å². The van der Waals surface area contributed by atoms with Crippen LogP contribution in [0.3, 0.4) is 0 Å². The Kier molecular flexibility index (Phi) is 9.43. The monoisotopic (exact) mass is 405 g/mol. The van der Waals surface area contributed by atoms with Crippen molar-refractivity contribution in [3.8, 4) is 0 Å². The first-order valence-corrected chi connectivity index (χ1v) is 11.1. The molecule has 2 heterocycles. The Morgan fingerprint density at radius 2 is 1.96 bits per heavy atom. The summed E-state index contributed by atoms with van der Waals surface area (Å²) in [6.45, 7) is 15.2. The van der Waals surface area contributed by atoms with E-state index in [-0.39, 0.29) is 0 Å². The molecule has 2 N–H and O–H groups in total. The first kappa shape index (κ1) is 22.4. The number of aromatic nitrogens is 3. The smallest absolute Gasteiger partial charge is 0.191 e. The van der Waals surface area contributed by atoms with Crippen LogP contribution in [0.5, 0.6) is 0 Å². The molecule has 0 aromatic carbocycles. The average molecular weight is 406 g/mol. The summed E-state index contributed by atoms with van der Waals surface area (Å²) in [5.74, 6) is 1.86. The van der Waals surface area contributed by atoms with E-state index in [1.807, 2.05) is 0 Å². The van der Waals surface area contributed by atoms with E-state index in [4.69, 9.17) is 4.99 Å². The Morgan fingerprint density at radius 3 is 2.61 bits per heavy atom. The van der Waals surface area contributed by atoms with Gasteiger partial charge in [0.05, 0.1) is 6.54 Å². The van der Waals surface area contributed by atoms with Gasteiger partial charge in [0.25, 0.3) is 0 Å². The SMILES string of the molecule is CCc1nncn1CCNC(=NCc1cccs1)NCCN(C(C)C)C(C)C. The zero-order chi connectivity index (χ0) is 20.4. The Hall–Kier alpha value is -1.93. The lowest BCUT2D eigenvalue weighted by Crippen LogP contribution is -2.45. The molecule has 8 heteroatoms. The number of nitrogens with one attached hydrogen (secondary N) is 2. The summed E-state index contributed by atoms with van der Waals surface area (Å²) >= 11 is 1.74. The fraction of sp³-hybridized carbons (Fsp3) is 0.650. The van der Waals surface area contributed by atoms with Crippen LogP contribution in [-0.4, -0.2) is 57.3 Å². The third-order valence-electron chi connectivity index (χ3n) is 4.62. The number of hydrogen-bond donors (Lipinski definition) is 2. The maximum Gasteiger partial charge on any atom is 0.191 e. The fourth-order valence-corrected chi connectivity index (χ4v) is 3.81. The van der Waals surface area contributed by atoms with Gasteiger partial charge in [-0.05, 0) is 39.1 Å². The predicted molar refractivity (Wildman–Crippen MR) is 118 cm³/mol. The van der Waals surface area contributed by atoms with E-state index in [9.17, 15) is 0 Å². The number of nitrogens with zero attached hydrogens (tertiary/aromatic N) is 5. The van der Waals surface area contributed by atoms with Crippen molar-refractivity contribution in [2.45, 2.75) is 66.2 Å². The third-order valence-corrected chi connectivity index (χ3v) is 5.48. The maximum atomic E-state index is 4.76. The first-order chi connectivity index (χ1) is 13.5. The van der Waals surface area contributed by atoms with Crippen molar-refractivity contribution >= 4 is 17.3 Å². The molecule has 0 atom stereocenters. The van der Waals surface area contributed by atoms with Crippen LogP contribution in [0.1, 0.15) is 45.3 Å². The van der Waals surface area contributed by atoms with Gasteiger partial charge in [-0.2, -0.15) is 0 Å². The summed E-state index contributed by atoms with van der Waals surface area (Å²) in [5, 5.41) is 17.2. The summed E-state index contributed by atoms with van der Waals surface area (Å²) in [6, 6.07) is 5.25. The van der Waals surface area contributed by atoms with Gasteiger partial charge >= 0.3 is 0 Å². The maximum absolute atomic E-state index is 4.76. The highest BCUT2D eigenvalue weighted by Gasteiger charge is 2.12. The van der Waals surface area contributed by atoms with Gasteiger partial charge in [-0.3, -0.25) is 4.90 Å². The largest absolute Gasteiger partial charge is 0.355 e. The molecule has 7 nitrogen and oxygen atoms in total. The van der Waals surface area contributed by atoms with Crippen LogP contribution in [0.2, 0.25) is 0 Å². The zero-order valence-electron chi connectivity index (χ0n) is 17.9. The molecule has 0 amide bonds. The molecule has 0 unspecified atom stereocenters. The lowest BCUT2D eigenvalue weighted by atomic mass is 10.2. The van der Waals surface area contributed by atoms with Gasteiger partial charge in [-0.15, -0.1) is 21.5 Å². The molecular formula is C20H35N7S. The van der Waals surface area contributed by atoms with Crippen LogP contribution in [0.25, 0.3) is 0 Å². The molecule has 2 aromatic rings. The van der Waals surface area contributed by atoms with Crippen LogP contribution in [0, 0.1) is 0 Å². The number of aryl methyl sites for hydroxylation is 1. The van der Waals surface area contributed by atoms with Crippen LogP contribution >= 0.6 is 11.3 Å². The molecule has 0 spiro atoms. The van der Waals surface area contributed by atoms with E-state index in [1.165, 1.54) is 4.88 Å². The lowest BCUT2D eigenvalue weighted by Gasteiger charge is -2.30. The van der Waals surface area contributed by atoms with E-state index >= 15 is 0 Å². The van der Waals surface area contributed by atoms with Crippen molar-refractivity contribution in [2.75, 3.05) is 19.6 Å². The van der Waals surface area contributed by atoms with Crippen LogP contribution in [-0.2, 0) is 19.5 Å². The Labute approximate surface area is 173 Å². The van der Waals surface area contributed by atoms with Crippen molar-refractivity contribution in [1.82, 2.24) is 30.3 Å². The van der Waals surface area contributed by atoms with Gasteiger partial charge in [-0.25, -0.2) is 4.99 Å². The number of rotatable bonds is 11. The van der Waals surface area contributed by atoms with Crippen LogP contribution in [0.15, 0.2) is 28.8 Å². The van der Waals surface area contributed by atoms with Gasteiger partial charge in [0.15, 0.2) is 5.96 Å². The predicted octanol–water partition coefficient (Wildman–Crippen LogP) is 2.76. The fourth-order valence-electron chi connectivity index (χ4n) is 3.18. The van der Waals surface area contributed by atoms with Gasteiger partial charge in [0, 0.05) is 49.6 Å². The molecule has 0 aliphatic rings. The van der Waals surface area contributed by atoms with E-state index in [2.05, 4.69) is 82.4 Å². The van der Waals surface area contributed by atoms with Gasteiger partial charge in [-0.1, -0.05) is 13.0 Å². The number of hydrogen-bond acceptors (Lipinski definition) is 5. The minimum atomic E-state index is 0.530. The first-order valence-electron chi connectivity index (χ1n) is 10.2. The second kappa shape index (κ2) is 11.8. The quantitative estimate of drug-likeness (QED) is 0.444. The molecule has 0 saturated carbocycles.